The second-order valence-corrected chi connectivity index (χ2v) is 9.04. The minimum absolute atomic E-state index is 0.0219. The van der Waals surface area contributed by atoms with Crippen LogP contribution in [0.15, 0.2) is 71.9 Å². The van der Waals surface area contributed by atoms with E-state index in [1.54, 1.807) is 21.3 Å². The number of hydrogen-bond acceptors (Lipinski definition) is 6. The number of Topliss-reactive ketones (excluding diaryl/α,β-unsaturated/α-hetero) is 1. The number of benzene rings is 3. The van der Waals surface area contributed by atoms with Gasteiger partial charge in [0.25, 0.3) is 0 Å². The number of nitrogens with one attached hydrogen (secondary N) is 2. The van der Waals surface area contributed by atoms with Gasteiger partial charge in [-0.05, 0) is 54.7 Å². The number of anilines is 2. The molecule has 1 aliphatic carbocycles. The average Bonchev–Trinajstić information content (AvgIpc) is 3.05. The first-order valence-electron chi connectivity index (χ1n) is 11.8. The fraction of sp³-hybridized carbons (Fsp3) is 0.276. The molecule has 1 aliphatic heterocycles. The van der Waals surface area contributed by atoms with Crippen molar-refractivity contribution in [3.05, 3.63) is 88.6 Å². The van der Waals surface area contributed by atoms with Crippen LogP contribution in [0, 0.1) is 6.92 Å². The van der Waals surface area contributed by atoms with Gasteiger partial charge >= 0.3 is 0 Å². The average molecular weight is 471 g/mol. The Kier molecular flexibility index (Phi) is 6.12. The third kappa shape index (κ3) is 4.20. The minimum atomic E-state index is -0.227. The fourth-order valence-electron chi connectivity index (χ4n) is 5.07. The van der Waals surface area contributed by atoms with Crippen molar-refractivity contribution in [2.45, 2.75) is 31.7 Å². The second kappa shape index (κ2) is 9.37. The molecule has 6 heteroatoms. The molecule has 3 aromatic carbocycles. The number of rotatable bonds is 5. The Morgan fingerprint density at radius 2 is 1.46 bits per heavy atom. The van der Waals surface area contributed by atoms with Crippen molar-refractivity contribution < 1.29 is 19.0 Å². The lowest BCUT2D eigenvalue weighted by molar-refractivity contribution is -0.116. The molecule has 180 valence electrons. The number of hydrogen-bond donors (Lipinski definition) is 2. The fourth-order valence-corrected chi connectivity index (χ4v) is 5.07. The van der Waals surface area contributed by atoms with Gasteiger partial charge < -0.3 is 24.8 Å². The van der Waals surface area contributed by atoms with Crippen LogP contribution in [0.4, 0.5) is 11.4 Å². The standard InChI is InChI=1S/C29H30N2O4/c1-17-9-11-18(12-10-17)28-27-23(30-21-7-5-6-8-22(21)31-28)13-19(14-24(27)32)20-15-25(33-2)29(35-4)26(16-20)34-3/h5-12,15-16,19,28,30-31H,13-14H2,1-4H3/t19-,28-/m0/s1. The Balaban J connectivity index is 1.59. The number of carbonyl (C=O) groups excluding carboxylic acids is 1. The van der Waals surface area contributed by atoms with Crippen LogP contribution in [0.2, 0.25) is 0 Å². The van der Waals surface area contributed by atoms with Crippen LogP contribution in [0.1, 0.15) is 41.5 Å². The van der Waals surface area contributed by atoms with Crippen LogP contribution in [-0.4, -0.2) is 27.1 Å². The van der Waals surface area contributed by atoms with E-state index >= 15 is 0 Å². The molecule has 1 heterocycles. The highest BCUT2D eigenvalue weighted by Crippen LogP contribution is 2.47. The predicted molar refractivity (Wildman–Crippen MR) is 138 cm³/mol. The van der Waals surface area contributed by atoms with Crippen molar-refractivity contribution >= 4 is 17.2 Å². The first-order valence-corrected chi connectivity index (χ1v) is 11.8. The highest BCUT2D eigenvalue weighted by Gasteiger charge is 2.36. The summed E-state index contributed by atoms with van der Waals surface area (Å²) in [4.78, 5) is 13.8. The molecule has 0 unspecified atom stereocenters. The van der Waals surface area contributed by atoms with Crippen LogP contribution in [0.25, 0.3) is 0 Å². The van der Waals surface area contributed by atoms with Gasteiger partial charge in [0.2, 0.25) is 5.75 Å². The lowest BCUT2D eigenvalue weighted by Gasteiger charge is -2.30. The summed E-state index contributed by atoms with van der Waals surface area (Å²) in [6.45, 7) is 2.07. The molecule has 35 heavy (non-hydrogen) atoms. The zero-order chi connectivity index (χ0) is 24.5. The first-order chi connectivity index (χ1) is 17.0. The summed E-state index contributed by atoms with van der Waals surface area (Å²) in [6, 6.07) is 20.1. The van der Waals surface area contributed by atoms with E-state index in [-0.39, 0.29) is 17.7 Å². The molecule has 3 aromatic rings. The zero-order valence-electron chi connectivity index (χ0n) is 20.5. The van der Waals surface area contributed by atoms with Gasteiger partial charge in [0.15, 0.2) is 17.3 Å². The van der Waals surface area contributed by atoms with Gasteiger partial charge in [-0.25, -0.2) is 0 Å². The second-order valence-electron chi connectivity index (χ2n) is 9.04. The molecule has 2 N–H and O–H groups in total. The molecular formula is C29H30N2O4. The summed E-state index contributed by atoms with van der Waals surface area (Å²) < 4.78 is 16.6. The number of ether oxygens (including phenoxy) is 3. The van der Waals surface area contributed by atoms with E-state index in [0.29, 0.717) is 30.1 Å². The van der Waals surface area contributed by atoms with E-state index in [2.05, 4.69) is 41.8 Å². The smallest absolute Gasteiger partial charge is 0.203 e. The van der Waals surface area contributed by atoms with Crippen LogP contribution in [-0.2, 0) is 4.79 Å². The van der Waals surface area contributed by atoms with Crippen LogP contribution >= 0.6 is 0 Å². The quantitative estimate of drug-likeness (QED) is 0.477. The number of carbonyl (C=O) groups is 1. The monoisotopic (exact) mass is 470 g/mol. The number of methoxy groups -OCH3 is 3. The maximum Gasteiger partial charge on any atom is 0.203 e. The van der Waals surface area contributed by atoms with Crippen LogP contribution in [0.3, 0.4) is 0 Å². The normalized spacial score (nSPS) is 19.0. The Hall–Kier alpha value is -3.93. The van der Waals surface area contributed by atoms with Crippen LogP contribution in [0.5, 0.6) is 17.2 Å². The minimum Gasteiger partial charge on any atom is -0.493 e. The van der Waals surface area contributed by atoms with E-state index in [1.165, 1.54) is 5.56 Å². The molecule has 0 spiro atoms. The highest BCUT2D eigenvalue weighted by atomic mass is 16.5. The molecule has 6 nitrogen and oxygen atoms in total. The number of allylic oxidation sites excluding steroid dienone is 1. The molecule has 0 radical (unpaired) electrons. The van der Waals surface area contributed by atoms with E-state index in [4.69, 9.17) is 14.2 Å². The number of para-hydroxylation sites is 2. The number of fused-ring (bicyclic) bond motifs is 1. The van der Waals surface area contributed by atoms with Crippen LogP contribution < -0.4 is 24.8 Å². The Morgan fingerprint density at radius 1 is 0.800 bits per heavy atom. The third-order valence-electron chi connectivity index (χ3n) is 6.88. The molecule has 0 saturated carbocycles. The predicted octanol–water partition coefficient (Wildman–Crippen LogP) is 6.00. The summed E-state index contributed by atoms with van der Waals surface area (Å²) in [7, 11) is 4.80. The van der Waals surface area contributed by atoms with E-state index in [0.717, 1.165) is 33.8 Å². The Bertz CT molecular complexity index is 1270. The number of aryl methyl sites for hydroxylation is 1. The van der Waals surface area contributed by atoms with Gasteiger partial charge in [0.05, 0.1) is 38.7 Å². The summed E-state index contributed by atoms with van der Waals surface area (Å²) in [5.41, 5.74) is 6.93. The summed E-state index contributed by atoms with van der Waals surface area (Å²) in [6.07, 6.45) is 1.09. The molecule has 2 atom stereocenters. The van der Waals surface area contributed by atoms with Gasteiger partial charge in [-0.1, -0.05) is 42.0 Å². The molecule has 0 saturated heterocycles. The summed E-state index contributed by atoms with van der Waals surface area (Å²) in [5, 5.41) is 7.22. The van der Waals surface area contributed by atoms with Crippen molar-refractivity contribution in [1.82, 2.24) is 0 Å². The lowest BCUT2D eigenvalue weighted by atomic mass is 9.78. The molecule has 2 aliphatic rings. The van der Waals surface area contributed by atoms with Crippen molar-refractivity contribution in [2.75, 3.05) is 32.0 Å². The molecule has 0 bridgehead atoms. The van der Waals surface area contributed by atoms with Crippen molar-refractivity contribution in [1.29, 1.82) is 0 Å². The van der Waals surface area contributed by atoms with Gasteiger partial charge in [-0.2, -0.15) is 0 Å². The van der Waals surface area contributed by atoms with Gasteiger partial charge in [0, 0.05) is 17.7 Å². The third-order valence-corrected chi connectivity index (χ3v) is 6.88. The highest BCUT2D eigenvalue weighted by molar-refractivity contribution is 6.01. The Morgan fingerprint density at radius 3 is 2.09 bits per heavy atom. The van der Waals surface area contributed by atoms with Crippen molar-refractivity contribution in [3.8, 4) is 17.2 Å². The maximum atomic E-state index is 13.8. The number of ketones is 1. The molecule has 5 rings (SSSR count). The topological polar surface area (TPSA) is 68.8 Å². The summed E-state index contributed by atoms with van der Waals surface area (Å²) in [5.74, 6) is 1.83. The molecular weight excluding hydrogens is 440 g/mol. The van der Waals surface area contributed by atoms with Crippen molar-refractivity contribution in [2.24, 2.45) is 0 Å². The Labute approximate surface area is 205 Å². The van der Waals surface area contributed by atoms with Crippen molar-refractivity contribution in [3.63, 3.8) is 0 Å². The van der Waals surface area contributed by atoms with Gasteiger partial charge in [0.1, 0.15) is 0 Å². The molecule has 0 amide bonds. The lowest BCUT2D eigenvalue weighted by Crippen LogP contribution is -2.27. The van der Waals surface area contributed by atoms with E-state index in [1.807, 2.05) is 36.4 Å². The first kappa shape index (κ1) is 22.8. The maximum absolute atomic E-state index is 13.8. The van der Waals surface area contributed by atoms with Gasteiger partial charge in [-0.3, -0.25) is 4.79 Å². The SMILES string of the molecule is COc1cc([C@@H]2CC(=O)C3=C(C2)Nc2ccccc2N[C@H]3c2ccc(C)cc2)cc(OC)c1OC. The van der Waals surface area contributed by atoms with E-state index in [9.17, 15) is 4.79 Å². The molecule has 0 fully saturated rings. The largest absolute Gasteiger partial charge is 0.493 e. The van der Waals surface area contributed by atoms with Gasteiger partial charge in [-0.15, -0.1) is 0 Å². The molecule has 0 aromatic heterocycles. The van der Waals surface area contributed by atoms with E-state index < -0.39 is 0 Å². The summed E-state index contributed by atoms with van der Waals surface area (Å²) >= 11 is 0. The zero-order valence-corrected chi connectivity index (χ0v) is 20.5.